The lowest BCUT2D eigenvalue weighted by atomic mass is 9.86. The van der Waals surface area contributed by atoms with Crippen molar-refractivity contribution in [3.63, 3.8) is 0 Å². The van der Waals surface area contributed by atoms with E-state index in [1.54, 1.807) is 0 Å². The van der Waals surface area contributed by atoms with Gasteiger partial charge < -0.3 is 5.32 Å². The Bertz CT molecular complexity index is 369. The molecule has 0 aromatic heterocycles. The molecule has 1 aliphatic rings. The van der Waals surface area contributed by atoms with Crippen molar-refractivity contribution < 1.29 is 0 Å². The van der Waals surface area contributed by atoms with Crippen LogP contribution in [0.5, 0.6) is 0 Å². The van der Waals surface area contributed by atoms with Gasteiger partial charge in [-0.15, -0.1) is 0 Å². The number of anilines is 1. The molecule has 74 valence electrons. The maximum atomic E-state index is 3.39. The first kappa shape index (κ1) is 9.32. The molecule has 0 atom stereocenters. The number of hydrogen-bond donors (Lipinski definition) is 1. The summed E-state index contributed by atoms with van der Waals surface area (Å²) in [5, 5.41) is 3.39. The first-order chi connectivity index (χ1) is 6.57. The van der Waals surface area contributed by atoms with Crippen molar-refractivity contribution in [3.8, 4) is 0 Å². The third-order valence-electron chi connectivity index (χ3n) is 2.63. The van der Waals surface area contributed by atoms with Crippen LogP contribution < -0.4 is 5.32 Å². The van der Waals surface area contributed by atoms with Gasteiger partial charge in [-0.05, 0) is 22.6 Å². The predicted octanol–water partition coefficient (Wildman–Crippen LogP) is 3.42. The molecule has 1 heteroatoms. The Morgan fingerprint density at radius 1 is 1.21 bits per heavy atom. The Labute approximate surface area is 85.8 Å². The number of nitrogens with one attached hydrogen (secondary N) is 1. The quantitative estimate of drug-likeness (QED) is 0.656. The third-order valence-corrected chi connectivity index (χ3v) is 2.63. The lowest BCUT2D eigenvalue weighted by Crippen LogP contribution is -2.13. The van der Waals surface area contributed by atoms with Crippen molar-refractivity contribution in [1.82, 2.24) is 0 Å². The number of hydrogen-bond acceptors (Lipinski definition) is 1. The van der Waals surface area contributed by atoms with Gasteiger partial charge in [0.25, 0.3) is 0 Å². The fraction of sp³-hybridized carbons (Fsp3) is 0.385. The molecule has 1 aromatic carbocycles. The molecule has 0 saturated carbocycles. The molecule has 1 aromatic rings. The van der Waals surface area contributed by atoms with Crippen LogP contribution in [0.2, 0.25) is 0 Å². The van der Waals surface area contributed by atoms with Gasteiger partial charge in [-0.25, -0.2) is 0 Å². The Morgan fingerprint density at radius 2 is 2.00 bits per heavy atom. The van der Waals surface area contributed by atoms with E-state index in [9.17, 15) is 0 Å². The topological polar surface area (TPSA) is 12.0 Å². The molecule has 1 nitrogen and oxygen atoms in total. The van der Waals surface area contributed by atoms with Crippen LogP contribution in [0.4, 0.5) is 5.69 Å². The van der Waals surface area contributed by atoms with Crippen LogP contribution in [-0.2, 0) is 5.41 Å². The molecular weight excluding hydrogens is 170 g/mol. The van der Waals surface area contributed by atoms with Crippen molar-refractivity contribution in [1.29, 1.82) is 0 Å². The summed E-state index contributed by atoms with van der Waals surface area (Å²) >= 11 is 0. The molecule has 0 spiro atoms. The Kier molecular flexibility index (Phi) is 2.10. The first-order valence-electron chi connectivity index (χ1n) is 5.12. The molecular formula is C13H17N. The van der Waals surface area contributed by atoms with Crippen LogP contribution in [0.25, 0.3) is 6.08 Å². The number of fused-ring (bicyclic) bond motifs is 1. The van der Waals surface area contributed by atoms with Crippen molar-refractivity contribution in [3.05, 3.63) is 35.4 Å². The summed E-state index contributed by atoms with van der Waals surface area (Å²) in [5.41, 5.74) is 4.18. The molecule has 0 radical (unpaired) electrons. The van der Waals surface area contributed by atoms with Gasteiger partial charge in [-0.1, -0.05) is 45.1 Å². The van der Waals surface area contributed by atoms with E-state index in [0.29, 0.717) is 0 Å². The van der Waals surface area contributed by atoms with Crippen molar-refractivity contribution >= 4 is 11.8 Å². The lowest BCUT2D eigenvalue weighted by molar-refractivity contribution is 0.590. The second-order valence-corrected chi connectivity index (χ2v) is 4.84. The van der Waals surface area contributed by atoms with Gasteiger partial charge in [0.15, 0.2) is 0 Å². The van der Waals surface area contributed by atoms with Gasteiger partial charge in [0.2, 0.25) is 0 Å². The molecule has 1 aliphatic heterocycles. The van der Waals surface area contributed by atoms with E-state index >= 15 is 0 Å². The molecule has 0 aliphatic carbocycles. The van der Waals surface area contributed by atoms with Crippen LogP contribution in [0.1, 0.15) is 31.9 Å². The minimum atomic E-state index is 0.234. The summed E-state index contributed by atoms with van der Waals surface area (Å²) < 4.78 is 0. The minimum Gasteiger partial charge on any atom is -0.381 e. The van der Waals surface area contributed by atoms with E-state index in [1.807, 2.05) is 0 Å². The van der Waals surface area contributed by atoms with Crippen LogP contribution in [0.3, 0.4) is 0 Å². The van der Waals surface area contributed by atoms with Gasteiger partial charge in [0, 0.05) is 12.2 Å². The zero-order valence-corrected chi connectivity index (χ0v) is 9.09. The highest BCUT2D eigenvalue weighted by molar-refractivity contribution is 5.70. The van der Waals surface area contributed by atoms with Gasteiger partial charge in [0.05, 0.1) is 0 Å². The van der Waals surface area contributed by atoms with Crippen molar-refractivity contribution in [2.75, 3.05) is 11.9 Å². The first-order valence-corrected chi connectivity index (χ1v) is 5.12. The second kappa shape index (κ2) is 3.16. The molecule has 1 heterocycles. The summed E-state index contributed by atoms with van der Waals surface area (Å²) in [7, 11) is 0. The smallest absolute Gasteiger partial charge is 0.0419 e. The Hall–Kier alpha value is -1.24. The maximum absolute atomic E-state index is 3.39. The van der Waals surface area contributed by atoms with Crippen molar-refractivity contribution in [2.24, 2.45) is 0 Å². The summed E-state index contributed by atoms with van der Waals surface area (Å²) in [6.07, 6.45) is 4.33. The van der Waals surface area contributed by atoms with E-state index in [0.717, 1.165) is 6.54 Å². The van der Waals surface area contributed by atoms with E-state index < -0.39 is 0 Å². The molecule has 0 saturated heterocycles. The Morgan fingerprint density at radius 3 is 2.71 bits per heavy atom. The van der Waals surface area contributed by atoms with Crippen LogP contribution >= 0.6 is 0 Å². The van der Waals surface area contributed by atoms with Crippen LogP contribution in [0, 0.1) is 0 Å². The van der Waals surface area contributed by atoms with Crippen LogP contribution in [0.15, 0.2) is 24.3 Å². The average molecular weight is 187 g/mol. The lowest BCUT2D eigenvalue weighted by Gasteiger charge is -2.22. The van der Waals surface area contributed by atoms with Gasteiger partial charge >= 0.3 is 0 Å². The maximum Gasteiger partial charge on any atom is 0.0419 e. The largest absolute Gasteiger partial charge is 0.381 e. The van der Waals surface area contributed by atoms with E-state index in [4.69, 9.17) is 0 Å². The number of rotatable bonds is 0. The standard InChI is InChI=1S/C13H17N/c1-13(2,3)11-7-6-10-5-4-8-14-12(10)9-11/h4-7,9,14H,8H2,1-3H3. The molecule has 1 N–H and O–H groups in total. The zero-order chi connectivity index (χ0) is 10.2. The second-order valence-electron chi connectivity index (χ2n) is 4.84. The molecule has 0 fully saturated rings. The number of benzene rings is 1. The highest BCUT2D eigenvalue weighted by Gasteiger charge is 2.15. The fourth-order valence-electron chi connectivity index (χ4n) is 1.68. The van der Waals surface area contributed by atoms with Gasteiger partial charge in [0.1, 0.15) is 0 Å². The summed E-state index contributed by atoms with van der Waals surface area (Å²) in [6.45, 7) is 7.68. The molecule has 0 unspecified atom stereocenters. The zero-order valence-electron chi connectivity index (χ0n) is 9.09. The van der Waals surface area contributed by atoms with E-state index in [1.165, 1.54) is 16.8 Å². The summed E-state index contributed by atoms with van der Waals surface area (Å²) in [6, 6.07) is 6.67. The van der Waals surface area contributed by atoms with Gasteiger partial charge in [-0.3, -0.25) is 0 Å². The van der Waals surface area contributed by atoms with Crippen molar-refractivity contribution in [2.45, 2.75) is 26.2 Å². The van der Waals surface area contributed by atoms with Gasteiger partial charge in [-0.2, -0.15) is 0 Å². The monoisotopic (exact) mass is 187 g/mol. The van der Waals surface area contributed by atoms with Crippen LogP contribution in [-0.4, -0.2) is 6.54 Å². The molecule has 0 bridgehead atoms. The minimum absolute atomic E-state index is 0.234. The highest BCUT2D eigenvalue weighted by atomic mass is 14.9. The fourth-order valence-corrected chi connectivity index (χ4v) is 1.68. The predicted molar refractivity (Wildman–Crippen MR) is 62.7 cm³/mol. The average Bonchev–Trinajstić information content (AvgIpc) is 2.16. The molecule has 14 heavy (non-hydrogen) atoms. The summed E-state index contributed by atoms with van der Waals surface area (Å²) in [4.78, 5) is 0. The Balaban J connectivity index is 2.45. The summed E-state index contributed by atoms with van der Waals surface area (Å²) in [5.74, 6) is 0. The normalized spacial score (nSPS) is 14.8. The molecule has 0 amide bonds. The highest BCUT2D eigenvalue weighted by Crippen LogP contribution is 2.28. The molecule has 2 rings (SSSR count). The SMILES string of the molecule is CC(C)(C)c1ccc2c(c1)NCC=C2. The van der Waals surface area contributed by atoms with E-state index in [2.05, 4.69) is 56.4 Å². The third kappa shape index (κ3) is 1.67. The van der Waals surface area contributed by atoms with E-state index in [-0.39, 0.29) is 5.41 Å².